The summed E-state index contributed by atoms with van der Waals surface area (Å²) < 4.78 is 1.12. The van der Waals surface area contributed by atoms with Gasteiger partial charge >= 0.3 is 0 Å². The second-order valence-electron chi connectivity index (χ2n) is 5.76. The average molecular weight is 370 g/mol. The average Bonchev–Trinajstić information content (AvgIpc) is 2.63. The molecule has 2 rings (SSSR count). The van der Waals surface area contributed by atoms with Gasteiger partial charge in [-0.25, -0.2) is 0 Å². The third kappa shape index (κ3) is 3.95. The number of pyridine rings is 1. The van der Waals surface area contributed by atoms with Gasteiger partial charge in [0.1, 0.15) is 11.4 Å². The minimum atomic E-state index is -0.640. The molecule has 0 fully saturated rings. The first kappa shape index (κ1) is 19.7. The van der Waals surface area contributed by atoms with E-state index >= 15 is 0 Å². The Balaban J connectivity index is 2.61. The molecule has 0 aliphatic heterocycles. The zero-order chi connectivity index (χ0) is 20.1. The summed E-state index contributed by atoms with van der Waals surface area (Å²) in [6.07, 6.45) is 6.88. The highest BCUT2D eigenvalue weighted by Gasteiger charge is 2.18. The quantitative estimate of drug-likeness (QED) is 0.347. The summed E-state index contributed by atoms with van der Waals surface area (Å²) in [6.45, 7) is 3.70. The minimum absolute atomic E-state index is 0.109. The molecule has 0 aliphatic rings. The molecule has 1 aromatic heterocycles. The zero-order valence-electron chi connectivity index (χ0n) is 14.8. The van der Waals surface area contributed by atoms with Crippen molar-refractivity contribution in [2.45, 2.75) is 33.2 Å². The molecule has 0 unspecified atom stereocenters. The number of aromatic nitrogens is 1. The van der Waals surface area contributed by atoms with E-state index in [9.17, 15) is 25.1 Å². The fourth-order valence-electron chi connectivity index (χ4n) is 2.43. The third-order valence-electron chi connectivity index (χ3n) is 3.96. The Morgan fingerprint density at radius 2 is 2.04 bits per heavy atom. The Kier molecular flexibility index (Phi) is 5.92. The van der Waals surface area contributed by atoms with Crippen molar-refractivity contribution in [1.82, 2.24) is 4.57 Å². The second kappa shape index (κ2) is 8.14. The van der Waals surface area contributed by atoms with E-state index in [0.29, 0.717) is 6.42 Å². The molecule has 0 radical (unpaired) electrons. The number of nitrogens with zero attached hydrogens (tertiary/aromatic N) is 4. The summed E-state index contributed by atoms with van der Waals surface area (Å²) in [7, 11) is 0. The SMILES string of the molecule is C#Cc1c(C)c(N=Nc2cc([N+](=O)[O-])ccc2O)c(=O)n(CCCC)c1O. The van der Waals surface area contributed by atoms with Crippen molar-refractivity contribution in [3.8, 4) is 24.0 Å². The molecule has 0 amide bonds. The zero-order valence-corrected chi connectivity index (χ0v) is 14.8. The fourth-order valence-corrected chi connectivity index (χ4v) is 2.43. The molecular weight excluding hydrogens is 352 g/mol. The van der Waals surface area contributed by atoms with Crippen LogP contribution in [0.5, 0.6) is 11.6 Å². The standard InChI is InChI=1S/C18H18N4O5/c1-4-6-9-21-17(24)13(5-2)11(3)16(18(21)25)20-19-14-10-12(22(26)27)7-8-15(14)23/h2,7-8,10,23-24H,4,6,9H2,1,3H3. The monoisotopic (exact) mass is 370 g/mol. The van der Waals surface area contributed by atoms with Crippen LogP contribution in [0.25, 0.3) is 0 Å². The molecule has 0 bridgehead atoms. The summed E-state index contributed by atoms with van der Waals surface area (Å²) in [5.74, 6) is 1.69. The maximum absolute atomic E-state index is 12.7. The van der Waals surface area contributed by atoms with Gasteiger partial charge in [-0.1, -0.05) is 19.3 Å². The number of hydrogen-bond donors (Lipinski definition) is 2. The van der Waals surface area contributed by atoms with Crippen molar-refractivity contribution < 1.29 is 15.1 Å². The number of non-ortho nitro benzene ring substituents is 1. The lowest BCUT2D eigenvalue weighted by atomic mass is 10.1. The lowest BCUT2D eigenvalue weighted by molar-refractivity contribution is -0.384. The van der Waals surface area contributed by atoms with Crippen LogP contribution in [0.3, 0.4) is 0 Å². The summed E-state index contributed by atoms with van der Waals surface area (Å²) in [6, 6.07) is 3.27. The maximum atomic E-state index is 12.7. The first-order valence-corrected chi connectivity index (χ1v) is 8.13. The van der Waals surface area contributed by atoms with Gasteiger partial charge in [0, 0.05) is 24.2 Å². The molecule has 0 saturated heterocycles. The number of hydrogen-bond acceptors (Lipinski definition) is 7. The van der Waals surface area contributed by atoms with Crippen LogP contribution in [0.4, 0.5) is 17.1 Å². The third-order valence-corrected chi connectivity index (χ3v) is 3.96. The number of phenols is 1. The number of phenolic OH excluding ortho intramolecular Hbond substituents is 1. The van der Waals surface area contributed by atoms with Gasteiger partial charge in [-0.15, -0.1) is 16.7 Å². The number of rotatable bonds is 6. The van der Waals surface area contributed by atoms with Crippen molar-refractivity contribution in [2.75, 3.05) is 0 Å². The Morgan fingerprint density at radius 1 is 1.33 bits per heavy atom. The lowest BCUT2D eigenvalue weighted by Crippen LogP contribution is -2.22. The number of nitro benzene ring substituents is 1. The number of aromatic hydroxyl groups is 2. The lowest BCUT2D eigenvalue weighted by Gasteiger charge is -2.13. The van der Waals surface area contributed by atoms with Crippen molar-refractivity contribution in [3.05, 3.63) is 49.8 Å². The van der Waals surface area contributed by atoms with E-state index in [4.69, 9.17) is 6.42 Å². The molecule has 0 spiro atoms. The number of unbranched alkanes of at least 4 members (excludes halogenated alkanes) is 1. The van der Waals surface area contributed by atoms with E-state index in [1.54, 1.807) is 0 Å². The Hall–Kier alpha value is -3.67. The van der Waals surface area contributed by atoms with Crippen molar-refractivity contribution >= 4 is 17.1 Å². The van der Waals surface area contributed by atoms with Crippen LogP contribution in [0, 0.1) is 29.4 Å². The number of nitro groups is 1. The predicted molar refractivity (Wildman–Crippen MR) is 98.9 cm³/mol. The van der Waals surface area contributed by atoms with Gasteiger partial charge in [0.05, 0.1) is 10.5 Å². The Bertz CT molecular complexity index is 1020. The normalized spacial score (nSPS) is 10.9. The molecule has 9 nitrogen and oxygen atoms in total. The largest absolute Gasteiger partial charge is 0.506 e. The van der Waals surface area contributed by atoms with E-state index in [1.165, 1.54) is 6.92 Å². The molecule has 27 heavy (non-hydrogen) atoms. The maximum Gasteiger partial charge on any atom is 0.281 e. The van der Waals surface area contributed by atoms with E-state index < -0.39 is 10.5 Å². The topological polar surface area (TPSA) is 130 Å². The molecule has 140 valence electrons. The van der Waals surface area contributed by atoms with Crippen LogP contribution in [0.15, 0.2) is 33.2 Å². The van der Waals surface area contributed by atoms with Gasteiger partial charge in [0.25, 0.3) is 11.2 Å². The highest BCUT2D eigenvalue weighted by atomic mass is 16.6. The molecular formula is C18H18N4O5. The molecule has 0 saturated carbocycles. The number of azo groups is 1. The van der Waals surface area contributed by atoms with Crippen LogP contribution in [0.1, 0.15) is 30.9 Å². The van der Waals surface area contributed by atoms with E-state index in [1.807, 2.05) is 6.92 Å². The molecule has 0 atom stereocenters. The van der Waals surface area contributed by atoms with Gasteiger partial charge < -0.3 is 10.2 Å². The second-order valence-corrected chi connectivity index (χ2v) is 5.76. The minimum Gasteiger partial charge on any atom is -0.506 e. The molecule has 9 heteroatoms. The summed E-state index contributed by atoms with van der Waals surface area (Å²) in [5.41, 5.74) is -0.787. The fraction of sp³-hybridized carbons (Fsp3) is 0.278. The van der Waals surface area contributed by atoms with Crippen LogP contribution in [0.2, 0.25) is 0 Å². The van der Waals surface area contributed by atoms with Crippen molar-refractivity contribution in [2.24, 2.45) is 10.2 Å². The van der Waals surface area contributed by atoms with Gasteiger partial charge in [0.15, 0.2) is 5.69 Å². The van der Waals surface area contributed by atoms with Crippen LogP contribution in [-0.2, 0) is 6.54 Å². The highest BCUT2D eigenvalue weighted by Crippen LogP contribution is 2.33. The summed E-state index contributed by atoms with van der Waals surface area (Å²) >= 11 is 0. The first-order chi connectivity index (χ1) is 12.8. The predicted octanol–water partition coefficient (Wildman–Crippen LogP) is 3.67. The highest BCUT2D eigenvalue weighted by molar-refractivity contribution is 5.59. The van der Waals surface area contributed by atoms with Gasteiger partial charge in [0.2, 0.25) is 5.88 Å². The smallest absolute Gasteiger partial charge is 0.281 e. The van der Waals surface area contributed by atoms with Crippen LogP contribution >= 0.6 is 0 Å². The van der Waals surface area contributed by atoms with Gasteiger partial charge in [-0.05, 0) is 19.4 Å². The molecule has 2 N–H and O–H groups in total. The Labute approximate surface area is 154 Å². The van der Waals surface area contributed by atoms with Crippen molar-refractivity contribution in [3.63, 3.8) is 0 Å². The Morgan fingerprint density at radius 3 is 2.63 bits per heavy atom. The van der Waals surface area contributed by atoms with Gasteiger partial charge in [-0.3, -0.25) is 19.5 Å². The van der Waals surface area contributed by atoms with Crippen molar-refractivity contribution in [1.29, 1.82) is 0 Å². The van der Waals surface area contributed by atoms with Crippen LogP contribution in [-0.4, -0.2) is 19.7 Å². The molecule has 1 heterocycles. The molecule has 0 aliphatic carbocycles. The number of benzene rings is 1. The summed E-state index contributed by atoms with van der Waals surface area (Å²) in [5, 5.41) is 38.6. The number of terminal acetylenes is 1. The van der Waals surface area contributed by atoms with Crippen LogP contribution < -0.4 is 5.56 Å². The van der Waals surface area contributed by atoms with E-state index in [2.05, 4.69) is 16.1 Å². The van der Waals surface area contributed by atoms with E-state index in [-0.39, 0.29) is 46.4 Å². The van der Waals surface area contributed by atoms with Gasteiger partial charge in [-0.2, -0.15) is 0 Å². The first-order valence-electron chi connectivity index (χ1n) is 8.13. The molecule has 1 aromatic carbocycles. The van der Waals surface area contributed by atoms with E-state index in [0.717, 1.165) is 29.2 Å². The molecule has 2 aromatic rings. The summed E-state index contributed by atoms with van der Waals surface area (Å²) in [4.78, 5) is 22.9.